The lowest BCUT2D eigenvalue weighted by Crippen LogP contribution is -2.33. The number of amides is 1. The van der Waals surface area contributed by atoms with E-state index in [1.165, 1.54) is 0 Å². The maximum absolute atomic E-state index is 12.2. The third kappa shape index (κ3) is 3.48. The molecule has 1 aromatic carbocycles. The molecule has 6 nitrogen and oxygen atoms in total. The van der Waals surface area contributed by atoms with Crippen LogP contribution in [0, 0.1) is 5.92 Å². The first-order valence-electron chi connectivity index (χ1n) is 8.38. The molecule has 126 valence electrons. The zero-order chi connectivity index (χ0) is 16.9. The average molecular weight is 325 g/mol. The largest absolute Gasteiger partial charge is 0.355 e. The van der Waals surface area contributed by atoms with Crippen LogP contribution >= 0.6 is 0 Å². The summed E-state index contributed by atoms with van der Waals surface area (Å²) in [5, 5.41) is 7.14. The van der Waals surface area contributed by atoms with Gasteiger partial charge in [-0.05, 0) is 25.1 Å². The molecule has 0 bridgehead atoms. The summed E-state index contributed by atoms with van der Waals surface area (Å²) >= 11 is 0. The van der Waals surface area contributed by atoms with Crippen molar-refractivity contribution in [2.24, 2.45) is 5.92 Å². The van der Waals surface area contributed by atoms with E-state index in [-0.39, 0.29) is 11.8 Å². The van der Waals surface area contributed by atoms with Crippen molar-refractivity contribution < 1.29 is 4.79 Å². The molecule has 0 aliphatic rings. The normalized spacial score (nSPS) is 12.4. The SMILES string of the molecule is CCn1c(CCNC(=O)C(C)Cn2cccn2)nc2ccccc21. The Hall–Kier alpha value is -2.63. The molecular formula is C18H23N5O. The maximum Gasteiger partial charge on any atom is 0.224 e. The van der Waals surface area contributed by atoms with Gasteiger partial charge in [0.2, 0.25) is 5.91 Å². The van der Waals surface area contributed by atoms with Gasteiger partial charge in [0.15, 0.2) is 0 Å². The predicted octanol–water partition coefficient (Wildman–Crippen LogP) is 2.25. The molecule has 0 spiro atoms. The van der Waals surface area contributed by atoms with E-state index in [1.807, 2.05) is 37.4 Å². The van der Waals surface area contributed by atoms with E-state index in [2.05, 4.69) is 33.0 Å². The summed E-state index contributed by atoms with van der Waals surface area (Å²) in [6.45, 7) is 6.08. The third-order valence-electron chi connectivity index (χ3n) is 4.17. The molecule has 6 heteroatoms. The summed E-state index contributed by atoms with van der Waals surface area (Å²) in [5.41, 5.74) is 2.15. The lowest BCUT2D eigenvalue weighted by Gasteiger charge is -2.12. The van der Waals surface area contributed by atoms with E-state index < -0.39 is 0 Å². The molecule has 0 saturated heterocycles. The van der Waals surface area contributed by atoms with Gasteiger partial charge in [-0.3, -0.25) is 9.48 Å². The highest BCUT2D eigenvalue weighted by Crippen LogP contribution is 2.16. The second-order valence-corrected chi connectivity index (χ2v) is 5.93. The van der Waals surface area contributed by atoms with E-state index in [0.29, 0.717) is 13.1 Å². The standard InChI is InChI=1S/C18H23N5O/c1-3-23-16-8-5-4-7-15(16)21-17(23)9-11-19-18(24)14(2)13-22-12-6-10-20-22/h4-8,10,12,14H,3,9,11,13H2,1-2H3,(H,19,24). The highest BCUT2D eigenvalue weighted by Gasteiger charge is 2.14. The number of carbonyl (C=O) groups excluding carboxylic acids is 1. The highest BCUT2D eigenvalue weighted by atomic mass is 16.1. The lowest BCUT2D eigenvalue weighted by atomic mass is 10.1. The number of nitrogens with one attached hydrogen (secondary N) is 1. The fourth-order valence-electron chi connectivity index (χ4n) is 2.91. The number of aryl methyl sites for hydroxylation is 1. The summed E-state index contributed by atoms with van der Waals surface area (Å²) in [7, 11) is 0. The molecule has 3 aromatic rings. The molecule has 2 heterocycles. The number of para-hydroxylation sites is 2. The van der Waals surface area contributed by atoms with Gasteiger partial charge in [0.1, 0.15) is 5.82 Å². The Balaban J connectivity index is 1.57. The number of imidazole rings is 1. The van der Waals surface area contributed by atoms with Crippen LogP contribution in [0.5, 0.6) is 0 Å². The highest BCUT2D eigenvalue weighted by molar-refractivity contribution is 5.78. The van der Waals surface area contributed by atoms with E-state index >= 15 is 0 Å². The van der Waals surface area contributed by atoms with Crippen LogP contribution in [0.25, 0.3) is 11.0 Å². The minimum absolute atomic E-state index is 0.0460. The predicted molar refractivity (Wildman–Crippen MR) is 93.5 cm³/mol. The molecule has 1 N–H and O–H groups in total. The summed E-state index contributed by atoms with van der Waals surface area (Å²) in [4.78, 5) is 16.9. The monoisotopic (exact) mass is 325 g/mol. The summed E-state index contributed by atoms with van der Waals surface area (Å²) in [6, 6.07) is 9.99. The van der Waals surface area contributed by atoms with E-state index in [1.54, 1.807) is 10.9 Å². The van der Waals surface area contributed by atoms with Gasteiger partial charge in [0, 0.05) is 31.9 Å². The van der Waals surface area contributed by atoms with E-state index in [4.69, 9.17) is 0 Å². The van der Waals surface area contributed by atoms with Crippen LogP contribution in [0.1, 0.15) is 19.7 Å². The van der Waals surface area contributed by atoms with Crippen molar-refractivity contribution in [1.82, 2.24) is 24.6 Å². The number of carbonyl (C=O) groups is 1. The van der Waals surface area contributed by atoms with Gasteiger partial charge in [0.25, 0.3) is 0 Å². The van der Waals surface area contributed by atoms with Crippen LogP contribution in [0.2, 0.25) is 0 Å². The molecule has 0 radical (unpaired) electrons. The Morgan fingerprint density at radius 1 is 1.29 bits per heavy atom. The second-order valence-electron chi connectivity index (χ2n) is 5.93. The number of benzene rings is 1. The Morgan fingerprint density at radius 3 is 2.88 bits per heavy atom. The fourth-order valence-corrected chi connectivity index (χ4v) is 2.91. The van der Waals surface area contributed by atoms with Crippen LogP contribution in [0.4, 0.5) is 0 Å². The topological polar surface area (TPSA) is 64.7 Å². The number of hydrogen-bond donors (Lipinski definition) is 1. The molecule has 1 atom stereocenters. The number of hydrogen-bond acceptors (Lipinski definition) is 3. The van der Waals surface area contributed by atoms with Crippen LogP contribution < -0.4 is 5.32 Å². The van der Waals surface area contributed by atoms with Crippen LogP contribution in [-0.2, 0) is 24.3 Å². The molecule has 0 aliphatic heterocycles. The average Bonchev–Trinajstić information content (AvgIpc) is 3.21. The zero-order valence-corrected chi connectivity index (χ0v) is 14.1. The van der Waals surface area contributed by atoms with Gasteiger partial charge >= 0.3 is 0 Å². The van der Waals surface area contributed by atoms with Gasteiger partial charge in [-0.15, -0.1) is 0 Å². The van der Waals surface area contributed by atoms with Gasteiger partial charge in [0.05, 0.1) is 23.5 Å². The lowest BCUT2D eigenvalue weighted by molar-refractivity contribution is -0.124. The van der Waals surface area contributed by atoms with Crippen molar-refractivity contribution in [3.63, 3.8) is 0 Å². The smallest absolute Gasteiger partial charge is 0.224 e. The summed E-state index contributed by atoms with van der Waals surface area (Å²) in [6.07, 6.45) is 4.32. The number of rotatable bonds is 7. The van der Waals surface area contributed by atoms with Crippen molar-refractivity contribution in [1.29, 1.82) is 0 Å². The van der Waals surface area contributed by atoms with Crippen molar-refractivity contribution in [2.75, 3.05) is 6.54 Å². The van der Waals surface area contributed by atoms with Crippen LogP contribution in [-0.4, -0.2) is 31.8 Å². The number of aromatic nitrogens is 4. The molecule has 0 saturated carbocycles. The van der Waals surface area contributed by atoms with Crippen molar-refractivity contribution >= 4 is 16.9 Å². The minimum Gasteiger partial charge on any atom is -0.355 e. The van der Waals surface area contributed by atoms with Crippen LogP contribution in [0.3, 0.4) is 0 Å². The molecule has 0 fully saturated rings. The Kier molecular flexibility index (Phi) is 4.93. The molecule has 1 amide bonds. The van der Waals surface area contributed by atoms with Gasteiger partial charge in [-0.1, -0.05) is 19.1 Å². The molecule has 2 aromatic heterocycles. The Bertz CT molecular complexity index is 806. The zero-order valence-electron chi connectivity index (χ0n) is 14.1. The first-order valence-corrected chi connectivity index (χ1v) is 8.38. The first-order chi connectivity index (χ1) is 11.7. The maximum atomic E-state index is 12.2. The number of fused-ring (bicyclic) bond motifs is 1. The molecule has 24 heavy (non-hydrogen) atoms. The van der Waals surface area contributed by atoms with Crippen molar-refractivity contribution in [3.05, 3.63) is 48.5 Å². The quantitative estimate of drug-likeness (QED) is 0.724. The Morgan fingerprint density at radius 2 is 2.12 bits per heavy atom. The van der Waals surface area contributed by atoms with Gasteiger partial charge in [-0.2, -0.15) is 5.10 Å². The van der Waals surface area contributed by atoms with Crippen molar-refractivity contribution in [3.8, 4) is 0 Å². The summed E-state index contributed by atoms with van der Waals surface area (Å²) < 4.78 is 3.98. The second kappa shape index (κ2) is 7.29. The molecule has 3 rings (SSSR count). The van der Waals surface area contributed by atoms with E-state index in [9.17, 15) is 4.79 Å². The number of nitrogens with zero attached hydrogens (tertiary/aromatic N) is 4. The molecule has 0 aliphatic carbocycles. The fraction of sp³-hybridized carbons (Fsp3) is 0.389. The molecular weight excluding hydrogens is 302 g/mol. The van der Waals surface area contributed by atoms with Crippen LogP contribution in [0.15, 0.2) is 42.7 Å². The first kappa shape index (κ1) is 16.2. The van der Waals surface area contributed by atoms with Gasteiger partial charge in [-0.25, -0.2) is 4.98 Å². The Labute approximate surface area is 141 Å². The van der Waals surface area contributed by atoms with Crippen molar-refractivity contribution in [2.45, 2.75) is 33.4 Å². The minimum atomic E-state index is -0.116. The van der Waals surface area contributed by atoms with Gasteiger partial charge < -0.3 is 9.88 Å². The third-order valence-corrected chi connectivity index (χ3v) is 4.17. The van der Waals surface area contributed by atoms with E-state index in [0.717, 1.165) is 29.8 Å². The summed E-state index contributed by atoms with van der Waals surface area (Å²) in [5.74, 6) is 0.943. The molecule has 1 unspecified atom stereocenters.